The SMILES string of the molecule is COc1cc(/C=N/NC(=O)C(=O)Nc2ccc(C)c(Cl)c2)ccc1OC(=O)c1ccc(Cl)cc1Cl. The third kappa shape index (κ3) is 6.95. The molecule has 0 unspecified atom stereocenters. The Hall–Kier alpha value is -3.59. The lowest BCUT2D eigenvalue weighted by Crippen LogP contribution is -2.32. The molecule has 0 aromatic heterocycles. The molecule has 3 aromatic rings. The Morgan fingerprint density at radius 1 is 0.886 bits per heavy atom. The highest BCUT2D eigenvalue weighted by molar-refractivity contribution is 6.40. The van der Waals surface area contributed by atoms with Crippen molar-refractivity contribution < 1.29 is 23.9 Å². The Labute approximate surface area is 215 Å². The lowest BCUT2D eigenvalue weighted by Gasteiger charge is -2.10. The quantitative estimate of drug-likeness (QED) is 0.147. The fourth-order valence-electron chi connectivity index (χ4n) is 2.73. The van der Waals surface area contributed by atoms with Gasteiger partial charge in [0.25, 0.3) is 0 Å². The summed E-state index contributed by atoms with van der Waals surface area (Å²) < 4.78 is 10.6. The number of nitrogens with one attached hydrogen (secondary N) is 2. The van der Waals surface area contributed by atoms with Crippen LogP contribution in [0.1, 0.15) is 21.5 Å². The first-order chi connectivity index (χ1) is 16.7. The number of hydrogen-bond donors (Lipinski definition) is 2. The number of hydrogen-bond acceptors (Lipinski definition) is 6. The minimum Gasteiger partial charge on any atom is -0.493 e. The van der Waals surface area contributed by atoms with Crippen LogP contribution in [0, 0.1) is 6.92 Å². The number of hydrazone groups is 1. The number of nitrogens with zero attached hydrogens (tertiary/aromatic N) is 1. The molecule has 11 heteroatoms. The van der Waals surface area contributed by atoms with E-state index < -0.39 is 17.8 Å². The van der Waals surface area contributed by atoms with E-state index in [1.165, 1.54) is 49.7 Å². The van der Waals surface area contributed by atoms with Crippen molar-refractivity contribution in [1.82, 2.24) is 5.43 Å². The molecule has 2 amide bonds. The zero-order valence-corrected chi connectivity index (χ0v) is 20.7. The summed E-state index contributed by atoms with van der Waals surface area (Å²) in [4.78, 5) is 36.5. The van der Waals surface area contributed by atoms with Crippen LogP contribution in [0.5, 0.6) is 11.5 Å². The average Bonchev–Trinajstić information content (AvgIpc) is 2.82. The number of amides is 2. The van der Waals surface area contributed by atoms with Crippen LogP contribution in [-0.2, 0) is 9.59 Å². The molecule has 0 aliphatic heterocycles. The van der Waals surface area contributed by atoms with Gasteiger partial charge in [0.15, 0.2) is 11.5 Å². The van der Waals surface area contributed by atoms with Crippen molar-refractivity contribution in [3.63, 3.8) is 0 Å². The fourth-order valence-corrected chi connectivity index (χ4v) is 3.40. The molecule has 0 atom stereocenters. The first-order valence-corrected chi connectivity index (χ1v) is 11.1. The van der Waals surface area contributed by atoms with Gasteiger partial charge in [0.05, 0.1) is 23.9 Å². The van der Waals surface area contributed by atoms with Crippen LogP contribution in [-0.4, -0.2) is 31.1 Å². The van der Waals surface area contributed by atoms with E-state index in [0.29, 0.717) is 21.3 Å². The second kappa shape index (κ2) is 11.7. The Morgan fingerprint density at radius 2 is 1.66 bits per heavy atom. The summed E-state index contributed by atoms with van der Waals surface area (Å²) in [7, 11) is 1.40. The van der Waals surface area contributed by atoms with Crippen molar-refractivity contribution in [3.8, 4) is 11.5 Å². The first kappa shape index (κ1) is 26.0. The van der Waals surface area contributed by atoms with Gasteiger partial charge in [-0.15, -0.1) is 0 Å². The number of carbonyl (C=O) groups is 3. The van der Waals surface area contributed by atoms with E-state index in [0.717, 1.165) is 5.56 Å². The Bertz CT molecular complexity index is 1330. The summed E-state index contributed by atoms with van der Waals surface area (Å²) in [6.07, 6.45) is 1.29. The van der Waals surface area contributed by atoms with Gasteiger partial charge in [0.2, 0.25) is 0 Å². The number of rotatable bonds is 6. The van der Waals surface area contributed by atoms with E-state index in [9.17, 15) is 14.4 Å². The summed E-state index contributed by atoms with van der Waals surface area (Å²) >= 11 is 17.9. The van der Waals surface area contributed by atoms with Gasteiger partial charge < -0.3 is 14.8 Å². The van der Waals surface area contributed by atoms with Crippen LogP contribution in [0.4, 0.5) is 5.69 Å². The zero-order valence-electron chi connectivity index (χ0n) is 18.4. The molecule has 0 spiro atoms. The lowest BCUT2D eigenvalue weighted by molar-refractivity contribution is -0.136. The van der Waals surface area contributed by atoms with Crippen molar-refractivity contribution in [3.05, 3.63) is 86.4 Å². The third-order valence-electron chi connectivity index (χ3n) is 4.56. The van der Waals surface area contributed by atoms with Gasteiger partial charge in [-0.1, -0.05) is 40.9 Å². The number of halogens is 3. The molecule has 2 N–H and O–H groups in total. The molecule has 0 fully saturated rings. The molecule has 180 valence electrons. The molecule has 0 bridgehead atoms. The molecule has 0 aliphatic rings. The molecule has 0 saturated heterocycles. The van der Waals surface area contributed by atoms with Crippen molar-refractivity contribution in [1.29, 1.82) is 0 Å². The van der Waals surface area contributed by atoms with Crippen LogP contribution in [0.2, 0.25) is 15.1 Å². The van der Waals surface area contributed by atoms with Crippen molar-refractivity contribution >= 4 is 64.5 Å². The summed E-state index contributed by atoms with van der Waals surface area (Å²) in [5, 5.41) is 7.19. The number of aryl methyl sites for hydroxylation is 1. The second-order valence-electron chi connectivity index (χ2n) is 7.04. The fraction of sp³-hybridized carbons (Fsp3) is 0.0833. The molecule has 0 saturated carbocycles. The maximum atomic E-state index is 12.5. The van der Waals surface area contributed by atoms with Crippen LogP contribution in [0.25, 0.3) is 0 Å². The highest BCUT2D eigenvalue weighted by Gasteiger charge is 2.16. The van der Waals surface area contributed by atoms with Gasteiger partial charge in [-0.2, -0.15) is 5.10 Å². The smallest absolute Gasteiger partial charge is 0.345 e. The Kier molecular flexibility index (Phi) is 8.70. The standard InChI is InChI=1S/C24H18Cl3N3O5/c1-13-3-6-16(11-18(13)26)29-22(31)23(32)30-28-12-14-4-8-20(21(9-14)34-2)35-24(33)17-7-5-15(25)10-19(17)27/h3-12H,1-2H3,(H,29,31)(H,30,32)/b28-12+. The van der Waals surface area contributed by atoms with Gasteiger partial charge >= 0.3 is 17.8 Å². The van der Waals surface area contributed by atoms with Crippen molar-refractivity contribution in [2.24, 2.45) is 5.10 Å². The summed E-state index contributed by atoms with van der Waals surface area (Å²) in [6, 6.07) is 13.8. The minimum absolute atomic E-state index is 0.137. The predicted molar refractivity (Wildman–Crippen MR) is 135 cm³/mol. The first-order valence-electron chi connectivity index (χ1n) is 9.93. The molecular formula is C24H18Cl3N3O5. The maximum Gasteiger partial charge on any atom is 0.345 e. The highest BCUT2D eigenvalue weighted by atomic mass is 35.5. The van der Waals surface area contributed by atoms with E-state index in [2.05, 4.69) is 15.8 Å². The number of esters is 1. The van der Waals surface area contributed by atoms with Crippen LogP contribution in [0.15, 0.2) is 59.7 Å². The average molecular weight is 535 g/mol. The van der Waals surface area contributed by atoms with Gasteiger partial charge in [0.1, 0.15) is 0 Å². The highest BCUT2D eigenvalue weighted by Crippen LogP contribution is 2.30. The summed E-state index contributed by atoms with van der Waals surface area (Å²) in [5.74, 6) is -2.22. The normalized spacial score (nSPS) is 10.7. The molecule has 8 nitrogen and oxygen atoms in total. The number of benzene rings is 3. The third-order valence-corrected chi connectivity index (χ3v) is 5.51. The molecule has 3 aromatic carbocycles. The van der Waals surface area contributed by atoms with Gasteiger partial charge in [-0.05, 0) is 66.6 Å². The number of anilines is 1. The maximum absolute atomic E-state index is 12.5. The van der Waals surface area contributed by atoms with Crippen LogP contribution in [0.3, 0.4) is 0 Å². The minimum atomic E-state index is -0.977. The van der Waals surface area contributed by atoms with E-state index in [-0.39, 0.29) is 22.1 Å². The largest absolute Gasteiger partial charge is 0.493 e. The Balaban J connectivity index is 1.62. The van der Waals surface area contributed by atoms with Gasteiger partial charge in [-0.25, -0.2) is 10.2 Å². The van der Waals surface area contributed by atoms with E-state index in [4.69, 9.17) is 44.3 Å². The molecule has 0 heterocycles. The van der Waals surface area contributed by atoms with Gasteiger partial charge in [0, 0.05) is 15.7 Å². The Morgan fingerprint density at radius 3 is 2.34 bits per heavy atom. The van der Waals surface area contributed by atoms with Crippen molar-refractivity contribution in [2.75, 3.05) is 12.4 Å². The monoisotopic (exact) mass is 533 g/mol. The molecule has 3 rings (SSSR count). The van der Waals surface area contributed by atoms with Crippen LogP contribution >= 0.6 is 34.8 Å². The zero-order chi connectivity index (χ0) is 25.5. The molecule has 35 heavy (non-hydrogen) atoms. The lowest BCUT2D eigenvalue weighted by atomic mass is 10.2. The number of methoxy groups -OCH3 is 1. The molecule has 0 aliphatic carbocycles. The van der Waals surface area contributed by atoms with Gasteiger partial charge in [-0.3, -0.25) is 9.59 Å². The summed E-state index contributed by atoms with van der Waals surface area (Å²) in [6.45, 7) is 1.82. The number of ether oxygens (including phenoxy) is 2. The molecule has 0 radical (unpaired) electrons. The van der Waals surface area contributed by atoms with E-state index in [1.54, 1.807) is 18.2 Å². The van der Waals surface area contributed by atoms with Crippen LogP contribution < -0.4 is 20.2 Å². The van der Waals surface area contributed by atoms with E-state index in [1.807, 2.05) is 6.92 Å². The molecular weight excluding hydrogens is 517 g/mol. The van der Waals surface area contributed by atoms with E-state index >= 15 is 0 Å². The predicted octanol–water partition coefficient (Wildman–Crippen LogP) is 5.27. The summed E-state index contributed by atoms with van der Waals surface area (Å²) in [5.41, 5.74) is 3.97. The topological polar surface area (TPSA) is 106 Å². The second-order valence-corrected chi connectivity index (χ2v) is 8.29. The van der Waals surface area contributed by atoms with Crippen molar-refractivity contribution in [2.45, 2.75) is 6.92 Å². The number of carbonyl (C=O) groups excluding carboxylic acids is 3.